The molecule has 1 amide bonds. The minimum Gasteiger partial charge on any atom is -0.435 e. The van der Waals surface area contributed by atoms with E-state index < -0.39 is 25.2 Å². The topological polar surface area (TPSA) is 38.3 Å². The van der Waals surface area contributed by atoms with Crippen LogP contribution in [0.2, 0.25) is 0 Å². The van der Waals surface area contributed by atoms with Crippen LogP contribution in [0, 0.1) is 0 Å². The molecule has 0 heterocycles. The van der Waals surface area contributed by atoms with Crippen LogP contribution in [0.25, 0.3) is 0 Å². The number of nitrogens with one attached hydrogen (secondary N) is 1. The van der Waals surface area contributed by atoms with Gasteiger partial charge >= 0.3 is 12.8 Å². The Labute approximate surface area is 98.5 Å². The summed E-state index contributed by atoms with van der Waals surface area (Å²) in [5.41, 5.74) is -0.197. The third kappa shape index (κ3) is 4.98. The maximum Gasteiger partial charge on any atom is 0.405 e. The first-order chi connectivity index (χ1) is 8.28. The lowest BCUT2D eigenvalue weighted by molar-refractivity contribution is -0.123. The Balaban J connectivity index is 2.68. The summed E-state index contributed by atoms with van der Waals surface area (Å²) < 4.78 is 63.3. The number of rotatable bonds is 4. The van der Waals surface area contributed by atoms with Gasteiger partial charge in [0.15, 0.2) is 0 Å². The van der Waals surface area contributed by atoms with Gasteiger partial charge in [-0.1, -0.05) is 6.07 Å². The lowest BCUT2D eigenvalue weighted by Crippen LogP contribution is -2.33. The van der Waals surface area contributed by atoms with Crippen molar-refractivity contribution in [3.05, 3.63) is 29.8 Å². The van der Waals surface area contributed by atoms with Crippen LogP contribution in [0.5, 0.6) is 5.75 Å². The smallest absolute Gasteiger partial charge is 0.405 e. The zero-order valence-electron chi connectivity index (χ0n) is 8.80. The zero-order chi connectivity index (χ0) is 13.8. The number of carbonyl (C=O) groups is 1. The summed E-state index contributed by atoms with van der Waals surface area (Å²) in [5, 5.41) is 1.61. The molecule has 0 aliphatic rings. The summed E-state index contributed by atoms with van der Waals surface area (Å²) in [4.78, 5) is 11.3. The maximum atomic E-state index is 11.9. The molecule has 0 bridgehead atoms. The number of ether oxygens (including phenoxy) is 1. The van der Waals surface area contributed by atoms with Crippen LogP contribution in [0.15, 0.2) is 24.3 Å². The van der Waals surface area contributed by atoms with Crippen molar-refractivity contribution in [3.8, 4) is 5.75 Å². The Kier molecular flexibility index (Phi) is 4.46. The van der Waals surface area contributed by atoms with E-state index in [-0.39, 0.29) is 11.3 Å². The predicted octanol–water partition coefficient (Wildman–Crippen LogP) is 2.58. The maximum absolute atomic E-state index is 11.9. The monoisotopic (exact) mass is 269 g/mol. The average Bonchev–Trinajstić information content (AvgIpc) is 2.24. The number of hydrogen-bond acceptors (Lipinski definition) is 2. The van der Waals surface area contributed by atoms with Gasteiger partial charge in [-0.3, -0.25) is 4.79 Å². The number of hydrogen-bond donors (Lipinski definition) is 1. The van der Waals surface area contributed by atoms with Crippen molar-refractivity contribution in [2.24, 2.45) is 0 Å². The average molecular weight is 269 g/mol. The number of halogens is 5. The predicted molar refractivity (Wildman–Crippen MR) is 51.5 cm³/mol. The second kappa shape index (κ2) is 5.65. The molecule has 8 heteroatoms. The van der Waals surface area contributed by atoms with Gasteiger partial charge in [0.1, 0.15) is 12.3 Å². The first-order valence-electron chi connectivity index (χ1n) is 4.68. The number of amides is 1. The highest BCUT2D eigenvalue weighted by molar-refractivity contribution is 5.94. The molecule has 3 nitrogen and oxygen atoms in total. The third-order valence-electron chi connectivity index (χ3n) is 1.77. The molecule has 1 aromatic carbocycles. The fourth-order valence-electron chi connectivity index (χ4n) is 1.10. The van der Waals surface area contributed by atoms with Gasteiger partial charge in [0.2, 0.25) is 0 Å². The third-order valence-corrected chi connectivity index (χ3v) is 1.77. The lowest BCUT2D eigenvalue weighted by Gasteiger charge is -2.09. The van der Waals surface area contributed by atoms with Crippen molar-refractivity contribution >= 4 is 5.91 Å². The molecule has 0 saturated carbocycles. The van der Waals surface area contributed by atoms with Crippen molar-refractivity contribution in [1.29, 1.82) is 0 Å². The van der Waals surface area contributed by atoms with E-state index in [1.807, 2.05) is 0 Å². The Bertz CT molecular complexity index is 419. The van der Waals surface area contributed by atoms with E-state index >= 15 is 0 Å². The number of alkyl halides is 5. The summed E-state index contributed by atoms with van der Waals surface area (Å²) in [5.74, 6) is -1.32. The SMILES string of the molecule is O=C(NCC(F)(F)F)c1cccc(OC(F)F)c1. The molecular formula is C10H8F5NO2. The van der Waals surface area contributed by atoms with Crippen LogP contribution in [-0.4, -0.2) is 25.2 Å². The van der Waals surface area contributed by atoms with Crippen LogP contribution in [0.3, 0.4) is 0 Å². The molecule has 1 rings (SSSR count). The van der Waals surface area contributed by atoms with E-state index in [9.17, 15) is 26.7 Å². The van der Waals surface area contributed by atoms with Crippen molar-refractivity contribution in [1.82, 2.24) is 5.32 Å². The highest BCUT2D eigenvalue weighted by Crippen LogP contribution is 2.17. The Morgan fingerprint density at radius 3 is 2.56 bits per heavy atom. The van der Waals surface area contributed by atoms with Crippen LogP contribution in [0.1, 0.15) is 10.4 Å². The van der Waals surface area contributed by atoms with Crippen LogP contribution < -0.4 is 10.1 Å². The van der Waals surface area contributed by atoms with Gasteiger partial charge < -0.3 is 10.1 Å². The van der Waals surface area contributed by atoms with Crippen LogP contribution >= 0.6 is 0 Å². The van der Waals surface area contributed by atoms with E-state index in [1.54, 1.807) is 5.32 Å². The minimum absolute atomic E-state index is 0.197. The summed E-state index contributed by atoms with van der Waals surface area (Å²) in [6.45, 7) is -4.57. The Morgan fingerprint density at radius 2 is 2.00 bits per heavy atom. The zero-order valence-corrected chi connectivity index (χ0v) is 8.80. The molecule has 1 N–H and O–H groups in total. The van der Waals surface area contributed by atoms with Crippen LogP contribution in [0.4, 0.5) is 22.0 Å². The van der Waals surface area contributed by atoms with Crippen molar-refractivity contribution in [2.75, 3.05) is 6.54 Å². The first kappa shape index (κ1) is 14.2. The Morgan fingerprint density at radius 1 is 1.33 bits per heavy atom. The largest absolute Gasteiger partial charge is 0.435 e. The van der Waals surface area contributed by atoms with Gasteiger partial charge in [-0.05, 0) is 18.2 Å². The fraction of sp³-hybridized carbons (Fsp3) is 0.300. The van der Waals surface area contributed by atoms with Gasteiger partial charge in [0.05, 0.1) is 0 Å². The van der Waals surface area contributed by atoms with Gasteiger partial charge in [-0.25, -0.2) is 0 Å². The molecular weight excluding hydrogens is 261 g/mol. The van der Waals surface area contributed by atoms with Gasteiger partial charge in [-0.15, -0.1) is 0 Å². The standard InChI is InChI=1S/C10H8F5NO2/c11-9(12)18-7-3-1-2-6(4-7)8(17)16-5-10(13,14)15/h1-4,9H,5H2,(H,16,17). The lowest BCUT2D eigenvalue weighted by atomic mass is 10.2. The van der Waals surface area contributed by atoms with Gasteiger partial charge in [-0.2, -0.15) is 22.0 Å². The summed E-state index contributed by atoms with van der Waals surface area (Å²) in [6, 6.07) is 4.49. The second-order valence-corrected chi connectivity index (χ2v) is 3.20. The first-order valence-corrected chi connectivity index (χ1v) is 4.68. The van der Waals surface area contributed by atoms with E-state index in [1.165, 1.54) is 12.1 Å². The van der Waals surface area contributed by atoms with Gasteiger partial charge in [0, 0.05) is 5.56 Å². The van der Waals surface area contributed by atoms with E-state index in [0.29, 0.717) is 0 Å². The highest BCUT2D eigenvalue weighted by Gasteiger charge is 2.27. The minimum atomic E-state index is -4.53. The molecule has 0 fully saturated rings. The fourth-order valence-corrected chi connectivity index (χ4v) is 1.10. The van der Waals surface area contributed by atoms with E-state index in [2.05, 4.69) is 4.74 Å². The molecule has 18 heavy (non-hydrogen) atoms. The molecule has 0 aliphatic carbocycles. The molecule has 0 unspecified atom stereocenters. The van der Waals surface area contributed by atoms with E-state index in [0.717, 1.165) is 12.1 Å². The van der Waals surface area contributed by atoms with Crippen LogP contribution in [-0.2, 0) is 0 Å². The molecule has 0 saturated heterocycles. The van der Waals surface area contributed by atoms with Crippen molar-refractivity contribution in [3.63, 3.8) is 0 Å². The molecule has 0 radical (unpaired) electrons. The van der Waals surface area contributed by atoms with Gasteiger partial charge in [0.25, 0.3) is 5.91 Å². The summed E-state index contributed by atoms with van der Waals surface area (Å²) in [7, 11) is 0. The Hall–Kier alpha value is -1.86. The highest BCUT2D eigenvalue weighted by atomic mass is 19.4. The molecule has 0 atom stereocenters. The number of carbonyl (C=O) groups excluding carboxylic acids is 1. The molecule has 0 spiro atoms. The normalized spacial score (nSPS) is 11.4. The second-order valence-electron chi connectivity index (χ2n) is 3.20. The summed E-state index contributed by atoms with van der Waals surface area (Å²) >= 11 is 0. The number of benzene rings is 1. The molecule has 100 valence electrons. The molecule has 0 aliphatic heterocycles. The molecule has 1 aromatic rings. The van der Waals surface area contributed by atoms with Crippen molar-refractivity contribution < 1.29 is 31.5 Å². The molecule has 0 aromatic heterocycles. The summed E-state index contributed by atoms with van der Waals surface area (Å²) in [6.07, 6.45) is -4.53. The van der Waals surface area contributed by atoms with E-state index in [4.69, 9.17) is 0 Å². The van der Waals surface area contributed by atoms with Crippen molar-refractivity contribution in [2.45, 2.75) is 12.8 Å². The quantitative estimate of drug-likeness (QED) is 0.853.